The molecule has 0 aliphatic rings. The van der Waals surface area contributed by atoms with E-state index >= 15 is 0 Å². The molecular weight excluding hydrogens is 160 g/mol. The van der Waals surface area contributed by atoms with E-state index in [0.717, 1.165) is 0 Å². The van der Waals surface area contributed by atoms with E-state index in [1.54, 1.807) is 0 Å². The summed E-state index contributed by atoms with van der Waals surface area (Å²) in [7, 11) is 0. The highest BCUT2D eigenvalue weighted by Gasteiger charge is 2.30. The van der Waals surface area contributed by atoms with Gasteiger partial charge in [-0.1, -0.05) is 6.92 Å². The zero-order valence-electron chi connectivity index (χ0n) is 6.42. The Balaban J connectivity index is 3.64. The van der Waals surface area contributed by atoms with Crippen molar-refractivity contribution in [3.8, 4) is 0 Å². The molecule has 0 rings (SSSR count). The van der Waals surface area contributed by atoms with Gasteiger partial charge in [-0.3, -0.25) is 4.39 Å². The molecule has 4 heteroatoms. The van der Waals surface area contributed by atoms with Gasteiger partial charge in [-0.2, -0.15) is 0 Å². The van der Waals surface area contributed by atoms with Crippen LogP contribution in [0.4, 0.5) is 17.6 Å². The Bertz CT molecular complexity index is 103. The van der Waals surface area contributed by atoms with Crippen LogP contribution in [0.5, 0.6) is 0 Å². The average Bonchev–Trinajstić information content (AvgIpc) is 1.87. The summed E-state index contributed by atoms with van der Waals surface area (Å²) in [4.78, 5) is 0. The highest BCUT2D eigenvalue weighted by atomic mass is 19.3. The minimum atomic E-state index is -3.27. The van der Waals surface area contributed by atoms with E-state index in [4.69, 9.17) is 0 Å². The second-order valence-electron chi connectivity index (χ2n) is 2.78. The highest BCUT2D eigenvalue weighted by molar-refractivity contribution is 4.68. The summed E-state index contributed by atoms with van der Waals surface area (Å²) < 4.78 is 47.6. The van der Waals surface area contributed by atoms with Gasteiger partial charge in [0.1, 0.15) is 0 Å². The third kappa shape index (κ3) is 5.04. The molecule has 0 saturated carbocycles. The molecule has 0 aliphatic carbocycles. The highest BCUT2D eigenvalue weighted by Crippen LogP contribution is 2.25. The van der Waals surface area contributed by atoms with Crippen LogP contribution in [0.3, 0.4) is 0 Å². The Morgan fingerprint density at radius 3 is 2.18 bits per heavy atom. The monoisotopic (exact) mass is 172 g/mol. The van der Waals surface area contributed by atoms with Gasteiger partial charge >= 0.3 is 0 Å². The first-order valence-electron chi connectivity index (χ1n) is 3.51. The Morgan fingerprint density at radius 1 is 1.27 bits per heavy atom. The lowest BCUT2D eigenvalue weighted by Gasteiger charge is -2.16. The Hall–Kier alpha value is -0.280. The smallest absolute Gasteiger partial charge is 0.251 e. The summed E-state index contributed by atoms with van der Waals surface area (Å²) in [6, 6.07) is 0. The van der Waals surface area contributed by atoms with E-state index in [9.17, 15) is 17.6 Å². The van der Waals surface area contributed by atoms with Crippen LogP contribution in [-0.2, 0) is 0 Å². The molecule has 0 nitrogen and oxygen atoms in total. The molecule has 1 atom stereocenters. The molecule has 0 N–H and O–H groups in total. The van der Waals surface area contributed by atoms with Crippen LogP contribution < -0.4 is 0 Å². The van der Waals surface area contributed by atoms with E-state index in [1.165, 1.54) is 6.92 Å². The second-order valence-corrected chi connectivity index (χ2v) is 2.78. The van der Waals surface area contributed by atoms with Crippen LogP contribution in [0.2, 0.25) is 0 Å². The van der Waals surface area contributed by atoms with Gasteiger partial charge in [-0.05, 0) is 12.3 Å². The fourth-order valence-electron chi connectivity index (χ4n) is 0.853. The van der Waals surface area contributed by atoms with E-state index in [-0.39, 0.29) is 6.42 Å². The summed E-state index contributed by atoms with van der Waals surface area (Å²) in [6.07, 6.45) is -0.483. The average molecular weight is 172 g/mol. The fourth-order valence-corrected chi connectivity index (χ4v) is 0.853. The van der Waals surface area contributed by atoms with Crippen molar-refractivity contribution in [2.75, 3.05) is 13.3 Å². The number of hydrogen-bond donors (Lipinski definition) is 0. The molecular formula is C7H12F4. The molecule has 0 heterocycles. The third-order valence-electron chi connectivity index (χ3n) is 1.44. The molecule has 0 amide bonds. The zero-order valence-corrected chi connectivity index (χ0v) is 6.42. The van der Waals surface area contributed by atoms with Crippen LogP contribution >= 0.6 is 0 Å². The van der Waals surface area contributed by atoms with Crippen molar-refractivity contribution in [3.63, 3.8) is 0 Å². The summed E-state index contributed by atoms with van der Waals surface area (Å²) in [5, 5.41) is 0. The van der Waals surface area contributed by atoms with Gasteiger partial charge in [0.05, 0.1) is 6.67 Å². The first kappa shape index (κ1) is 10.7. The first-order chi connectivity index (χ1) is 5.02. The summed E-state index contributed by atoms with van der Waals surface area (Å²) in [5.41, 5.74) is 0. The van der Waals surface area contributed by atoms with Gasteiger partial charge in [0.25, 0.3) is 5.92 Å². The van der Waals surface area contributed by atoms with E-state index in [1.807, 2.05) is 0 Å². The van der Waals surface area contributed by atoms with Gasteiger partial charge in [0.2, 0.25) is 0 Å². The molecule has 0 saturated heterocycles. The normalized spacial score (nSPS) is 15.0. The molecule has 0 radical (unpaired) electrons. The molecule has 1 unspecified atom stereocenters. The maximum absolute atomic E-state index is 12.2. The molecule has 0 bridgehead atoms. The van der Waals surface area contributed by atoms with Gasteiger partial charge in [0.15, 0.2) is 6.67 Å². The predicted molar refractivity (Wildman–Crippen MR) is 35.3 cm³/mol. The molecule has 68 valence electrons. The van der Waals surface area contributed by atoms with Gasteiger partial charge in [0, 0.05) is 6.42 Å². The van der Waals surface area contributed by atoms with E-state index in [2.05, 4.69) is 0 Å². The lowest BCUT2D eigenvalue weighted by atomic mass is 10.0. The molecule has 0 aromatic rings. The maximum atomic E-state index is 12.2. The largest absolute Gasteiger partial charge is 0.276 e. The minimum Gasteiger partial charge on any atom is -0.251 e. The van der Waals surface area contributed by atoms with E-state index < -0.39 is 31.6 Å². The maximum Gasteiger partial charge on any atom is 0.276 e. The lowest BCUT2D eigenvalue weighted by Crippen LogP contribution is -2.22. The summed E-state index contributed by atoms with van der Waals surface area (Å²) in [6.45, 7) is -0.781. The Kier molecular flexibility index (Phi) is 4.45. The van der Waals surface area contributed by atoms with Crippen molar-refractivity contribution >= 4 is 0 Å². The Labute approximate surface area is 63.6 Å². The van der Waals surface area contributed by atoms with Gasteiger partial charge in [-0.25, -0.2) is 13.2 Å². The fraction of sp³-hybridized carbons (Fsp3) is 1.00. The summed E-state index contributed by atoms with van der Waals surface area (Å²) in [5.74, 6) is -3.72. The standard InChI is InChI=1S/C7H12F4/c1-6(2-3-8)4-7(10,11)5-9/h6H,2-5H2,1H3. The molecule has 11 heavy (non-hydrogen) atoms. The van der Waals surface area contributed by atoms with Crippen molar-refractivity contribution in [3.05, 3.63) is 0 Å². The third-order valence-corrected chi connectivity index (χ3v) is 1.44. The van der Waals surface area contributed by atoms with Crippen LogP contribution in [-0.4, -0.2) is 19.3 Å². The van der Waals surface area contributed by atoms with Crippen molar-refractivity contribution in [1.29, 1.82) is 0 Å². The molecule has 0 aromatic carbocycles. The molecule has 0 aromatic heterocycles. The topological polar surface area (TPSA) is 0 Å². The molecule has 0 spiro atoms. The molecule has 0 aliphatic heterocycles. The van der Waals surface area contributed by atoms with Crippen molar-refractivity contribution < 1.29 is 17.6 Å². The van der Waals surface area contributed by atoms with Crippen LogP contribution in [0.15, 0.2) is 0 Å². The van der Waals surface area contributed by atoms with Gasteiger partial charge < -0.3 is 0 Å². The summed E-state index contributed by atoms with van der Waals surface area (Å²) >= 11 is 0. The predicted octanol–water partition coefficient (Wildman–Crippen LogP) is 2.98. The minimum absolute atomic E-state index is 0.0790. The number of halogens is 4. The number of rotatable bonds is 5. The first-order valence-corrected chi connectivity index (χ1v) is 3.51. The lowest BCUT2D eigenvalue weighted by molar-refractivity contribution is -0.0428. The second kappa shape index (κ2) is 4.57. The van der Waals surface area contributed by atoms with Crippen molar-refractivity contribution in [2.24, 2.45) is 5.92 Å². The number of hydrogen-bond acceptors (Lipinski definition) is 0. The quantitative estimate of drug-likeness (QED) is 0.559. The van der Waals surface area contributed by atoms with Crippen molar-refractivity contribution in [2.45, 2.75) is 25.7 Å². The SMILES string of the molecule is CC(CCF)CC(F)(F)CF. The zero-order chi connectivity index (χ0) is 8.91. The number of alkyl halides is 4. The Morgan fingerprint density at radius 2 is 1.82 bits per heavy atom. The van der Waals surface area contributed by atoms with E-state index in [0.29, 0.717) is 0 Å². The van der Waals surface area contributed by atoms with Crippen molar-refractivity contribution in [1.82, 2.24) is 0 Å². The van der Waals surface area contributed by atoms with Gasteiger partial charge in [-0.15, -0.1) is 0 Å². The van der Waals surface area contributed by atoms with Crippen LogP contribution in [0.25, 0.3) is 0 Å². The van der Waals surface area contributed by atoms with Crippen LogP contribution in [0, 0.1) is 5.92 Å². The molecule has 0 fully saturated rings. The van der Waals surface area contributed by atoms with Crippen LogP contribution in [0.1, 0.15) is 19.8 Å².